The van der Waals surface area contributed by atoms with E-state index in [2.05, 4.69) is 45.4 Å². The number of likely N-dealkylation sites (tertiary alicyclic amines) is 2. The molecule has 2 aliphatic heterocycles. The minimum Gasteiger partial charge on any atom is -0.393 e. The molecule has 0 unspecified atom stereocenters. The van der Waals surface area contributed by atoms with Gasteiger partial charge in [-0.25, -0.2) is 0 Å². The van der Waals surface area contributed by atoms with Crippen LogP contribution in [0.3, 0.4) is 0 Å². The minimum absolute atomic E-state index is 0.137. The molecule has 1 aliphatic carbocycles. The molecule has 0 spiro atoms. The van der Waals surface area contributed by atoms with Gasteiger partial charge in [0, 0.05) is 25.2 Å². The van der Waals surface area contributed by atoms with Gasteiger partial charge in [0.15, 0.2) is 0 Å². The molecule has 0 bridgehead atoms. The lowest BCUT2D eigenvalue weighted by atomic mass is 9.90. The Hall–Kier alpha value is -1.43. The van der Waals surface area contributed by atoms with Crippen molar-refractivity contribution in [1.82, 2.24) is 15.1 Å². The predicted octanol–water partition coefficient (Wildman–Crippen LogP) is 2.78. The second-order valence-corrected chi connectivity index (χ2v) is 9.34. The van der Waals surface area contributed by atoms with E-state index in [4.69, 9.17) is 0 Å². The van der Waals surface area contributed by atoms with E-state index < -0.39 is 0 Å². The van der Waals surface area contributed by atoms with Gasteiger partial charge in [-0.3, -0.25) is 14.6 Å². The molecule has 0 radical (unpaired) electrons. The van der Waals surface area contributed by atoms with Crippen molar-refractivity contribution in [2.45, 2.75) is 76.1 Å². The third kappa shape index (κ3) is 5.80. The molecule has 1 aromatic rings. The quantitative estimate of drug-likeness (QED) is 0.799. The minimum atomic E-state index is -0.166. The lowest BCUT2D eigenvalue weighted by Crippen LogP contribution is -2.51. The Morgan fingerprint density at radius 2 is 1.69 bits per heavy atom. The molecule has 160 valence electrons. The van der Waals surface area contributed by atoms with E-state index in [0.29, 0.717) is 6.04 Å². The van der Waals surface area contributed by atoms with Crippen LogP contribution in [-0.4, -0.2) is 65.2 Å². The fraction of sp³-hybridized carbons (Fsp3) is 0.708. The summed E-state index contributed by atoms with van der Waals surface area (Å²) in [5.41, 5.74) is 1.40. The van der Waals surface area contributed by atoms with Crippen LogP contribution in [0.15, 0.2) is 30.3 Å². The smallest absolute Gasteiger partial charge is 0.224 e. The Balaban J connectivity index is 1.22. The van der Waals surface area contributed by atoms with Crippen LogP contribution in [0.25, 0.3) is 0 Å². The molecule has 3 fully saturated rings. The van der Waals surface area contributed by atoms with Crippen molar-refractivity contribution in [1.29, 1.82) is 0 Å². The van der Waals surface area contributed by atoms with E-state index >= 15 is 0 Å². The molecule has 29 heavy (non-hydrogen) atoms. The summed E-state index contributed by atoms with van der Waals surface area (Å²) in [6.07, 6.45) is 7.89. The highest BCUT2D eigenvalue weighted by molar-refractivity contribution is 5.79. The van der Waals surface area contributed by atoms with Crippen molar-refractivity contribution in [2.24, 2.45) is 5.92 Å². The fourth-order valence-electron chi connectivity index (χ4n) is 5.38. The maximum atomic E-state index is 12.8. The van der Waals surface area contributed by atoms with Gasteiger partial charge in [-0.1, -0.05) is 30.3 Å². The molecule has 2 heterocycles. The first-order valence-electron chi connectivity index (χ1n) is 11.7. The second kappa shape index (κ2) is 10.1. The van der Waals surface area contributed by atoms with Crippen molar-refractivity contribution in [3.8, 4) is 0 Å². The van der Waals surface area contributed by atoms with Gasteiger partial charge in [0.2, 0.25) is 5.91 Å². The van der Waals surface area contributed by atoms with Gasteiger partial charge in [-0.05, 0) is 76.6 Å². The first-order chi connectivity index (χ1) is 14.2. The molecule has 5 heteroatoms. The second-order valence-electron chi connectivity index (χ2n) is 9.34. The monoisotopic (exact) mass is 399 g/mol. The zero-order valence-electron chi connectivity index (χ0n) is 17.6. The third-order valence-corrected chi connectivity index (χ3v) is 7.19. The number of rotatable bonds is 5. The highest BCUT2D eigenvalue weighted by Gasteiger charge is 2.32. The van der Waals surface area contributed by atoms with Crippen molar-refractivity contribution >= 4 is 5.91 Å². The van der Waals surface area contributed by atoms with Crippen LogP contribution in [-0.2, 0) is 11.3 Å². The van der Waals surface area contributed by atoms with Gasteiger partial charge in [0.25, 0.3) is 0 Å². The molecule has 1 atom stereocenters. The molecule has 2 saturated heterocycles. The molecule has 4 rings (SSSR count). The summed E-state index contributed by atoms with van der Waals surface area (Å²) in [5.74, 6) is 0.385. The number of carbonyl (C=O) groups excluding carboxylic acids is 1. The van der Waals surface area contributed by atoms with Crippen molar-refractivity contribution in [3.63, 3.8) is 0 Å². The number of aliphatic hydroxyl groups is 1. The predicted molar refractivity (Wildman–Crippen MR) is 115 cm³/mol. The van der Waals surface area contributed by atoms with E-state index in [0.717, 1.165) is 71.2 Å². The molecule has 2 N–H and O–H groups in total. The Morgan fingerprint density at radius 1 is 0.966 bits per heavy atom. The van der Waals surface area contributed by atoms with Crippen LogP contribution >= 0.6 is 0 Å². The number of piperidine rings is 2. The Bertz CT molecular complexity index is 637. The summed E-state index contributed by atoms with van der Waals surface area (Å²) < 4.78 is 0. The van der Waals surface area contributed by atoms with Crippen LogP contribution in [0.5, 0.6) is 0 Å². The van der Waals surface area contributed by atoms with Gasteiger partial charge >= 0.3 is 0 Å². The molecule has 5 nitrogen and oxygen atoms in total. The number of hydrogen-bond donors (Lipinski definition) is 2. The number of nitrogens with one attached hydrogen (secondary N) is 1. The highest BCUT2D eigenvalue weighted by Crippen LogP contribution is 2.26. The number of hydrogen-bond acceptors (Lipinski definition) is 4. The number of benzene rings is 1. The lowest BCUT2D eigenvalue weighted by molar-refractivity contribution is -0.128. The first kappa shape index (κ1) is 20.8. The zero-order valence-corrected chi connectivity index (χ0v) is 17.6. The Labute approximate surface area is 175 Å². The van der Waals surface area contributed by atoms with Crippen LogP contribution in [0.1, 0.15) is 56.9 Å². The van der Waals surface area contributed by atoms with Gasteiger partial charge < -0.3 is 10.4 Å². The maximum Gasteiger partial charge on any atom is 0.224 e. The van der Waals surface area contributed by atoms with E-state index in [1.807, 2.05) is 0 Å². The summed E-state index contributed by atoms with van der Waals surface area (Å²) in [5, 5.41) is 12.9. The largest absolute Gasteiger partial charge is 0.393 e. The number of nitrogens with zero attached hydrogens (tertiary/aromatic N) is 2. The fourth-order valence-corrected chi connectivity index (χ4v) is 5.38. The molecule has 1 saturated carbocycles. The Kier molecular flexibility index (Phi) is 7.22. The SMILES string of the molecule is O=C(NC1CCC(O)CC1)[C@@H]1CCCN(C2CCN(Cc3ccccc3)CC2)C1. The van der Waals surface area contributed by atoms with E-state index in [9.17, 15) is 9.90 Å². The average Bonchev–Trinajstić information content (AvgIpc) is 2.77. The van der Waals surface area contributed by atoms with E-state index in [1.54, 1.807) is 0 Å². The molecular weight excluding hydrogens is 362 g/mol. The van der Waals surface area contributed by atoms with Crippen LogP contribution in [0.4, 0.5) is 0 Å². The average molecular weight is 400 g/mol. The summed E-state index contributed by atoms with van der Waals surface area (Å²) in [7, 11) is 0. The zero-order chi connectivity index (χ0) is 20.1. The van der Waals surface area contributed by atoms with Gasteiger partial charge in [-0.2, -0.15) is 0 Å². The number of aliphatic hydroxyl groups excluding tert-OH is 1. The van der Waals surface area contributed by atoms with Gasteiger partial charge in [0.1, 0.15) is 0 Å². The summed E-state index contributed by atoms with van der Waals surface area (Å²) in [6.45, 7) is 5.41. The van der Waals surface area contributed by atoms with Gasteiger partial charge in [-0.15, -0.1) is 0 Å². The highest BCUT2D eigenvalue weighted by atomic mass is 16.3. The first-order valence-corrected chi connectivity index (χ1v) is 11.7. The van der Waals surface area contributed by atoms with Crippen molar-refractivity contribution in [3.05, 3.63) is 35.9 Å². The lowest BCUT2D eigenvalue weighted by Gasteiger charge is -2.42. The van der Waals surface area contributed by atoms with E-state index in [-0.39, 0.29) is 24.0 Å². The molecule has 3 aliphatic rings. The van der Waals surface area contributed by atoms with E-state index in [1.165, 1.54) is 18.4 Å². The Morgan fingerprint density at radius 3 is 2.41 bits per heavy atom. The summed E-state index contributed by atoms with van der Waals surface area (Å²) in [6, 6.07) is 11.6. The van der Waals surface area contributed by atoms with Crippen LogP contribution in [0, 0.1) is 5.92 Å². The topological polar surface area (TPSA) is 55.8 Å². The molecular formula is C24H37N3O2. The third-order valence-electron chi connectivity index (χ3n) is 7.19. The molecule has 1 aromatic carbocycles. The number of amides is 1. The van der Waals surface area contributed by atoms with Crippen molar-refractivity contribution < 1.29 is 9.90 Å². The summed E-state index contributed by atoms with van der Waals surface area (Å²) >= 11 is 0. The standard InChI is InChI=1S/C24H37N3O2/c28-23-10-8-21(9-11-23)25-24(29)20-7-4-14-27(18-20)22-12-15-26(16-13-22)17-19-5-2-1-3-6-19/h1-3,5-6,20-23,28H,4,7-18H2,(H,25,29)/t20-,21?,23?/m1/s1. The van der Waals surface area contributed by atoms with Crippen molar-refractivity contribution in [2.75, 3.05) is 26.2 Å². The molecule has 1 amide bonds. The molecule has 0 aromatic heterocycles. The maximum absolute atomic E-state index is 12.8. The van der Waals surface area contributed by atoms with Gasteiger partial charge in [0.05, 0.1) is 12.0 Å². The van der Waals surface area contributed by atoms with Crippen LogP contribution in [0.2, 0.25) is 0 Å². The normalized spacial score (nSPS) is 30.2. The number of carbonyl (C=O) groups is 1. The summed E-state index contributed by atoms with van der Waals surface area (Å²) in [4.78, 5) is 18.0. The van der Waals surface area contributed by atoms with Crippen LogP contribution < -0.4 is 5.32 Å².